The number of allylic oxidation sites excluding steroid dienone is 1. The number of fused-ring (bicyclic) bond motifs is 2. The maximum absolute atomic E-state index is 12.8. The van der Waals surface area contributed by atoms with Gasteiger partial charge in [0.25, 0.3) is 0 Å². The van der Waals surface area contributed by atoms with Gasteiger partial charge in [0.05, 0.1) is 6.61 Å². The van der Waals surface area contributed by atoms with E-state index in [-0.39, 0.29) is 6.03 Å². The first-order chi connectivity index (χ1) is 11.7. The molecule has 2 amide bonds. The Hall–Kier alpha value is -1.97. The number of urea groups is 1. The molecule has 2 bridgehead atoms. The predicted molar refractivity (Wildman–Crippen MR) is 95.4 cm³/mol. The Morgan fingerprint density at radius 2 is 1.79 bits per heavy atom. The SMILES string of the molecule is CCOc1ccc(NC(=O)N2C3CCC2CC(=C2CCC2)C3)cc1. The van der Waals surface area contributed by atoms with Gasteiger partial charge in [0.15, 0.2) is 0 Å². The molecule has 3 fully saturated rings. The van der Waals surface area contributed by atoms with E-state index in [1.54, 1.807) is 11.1 Å². The summed E-state index contributed by atoms with van der Waals surface area (Å²) in [5, 5.41) is 3.07. The van der Waals surface area contributed by atoms with Gasteiger partial charge in [-0.1, -0.05) is 11.1 Å². The normalized spacial score (nSPS) is 25.5. The van der Waals surface area contributed by atoms with Crippen LogP contribution in [0.3, 0.4) is 0 Å². The summed E-state index contributed by atoms with van der Waals surface area (Å²) in [5.74, 6) is 0.838. The van der Waals surface area contributed by atoms with Crippen LogP contribution in [0.4, 0.5) is 10.5 Å². The molecule has 3 aliphatic rings. The van der Waals surface area contributed by atoms with E-state index in [4.69, 9.17) is 4.74 Å². The van der Waals surface area contributed by atoms with E-state index in [0.717, 1.165) is 37.1 Å². The lowest BCUT2D eigenvalue weighted by molar-refractivity contribution is 0.173. The van der Waals surface area contributed by atoms with E-state index in [1.165, 1.54) is 19.3 Å². The highest BCUT2D eigenvalue weighted by Crippen LogP contribution is 2.43. The molecule has 2 heterocycles. The standard InChI is InChI=1S/C20H26N2O2/c1-2-24-19-10-6-16(7-11-19)21-20(23)22-17-8-9-18(22)13-15(12-17)14-4-3-5-14/h6-7,10-11,17-18H,2-5,8-9,12-13H2,1H3,(H,21,23). The van der Waals surface area contributed by atoms with Gasteiger partial charge >= 0.3 is 6.03 Å². The second-order valence-corrected chi connectivity index (χ2v) is 7.15. The van der Waals surface area contributed by atoms with Crippen molar-refractivity contribution in [1.82, 2.24) is 4.90 Å². The molecular formula is C20H26N2O2. The van der Waals surface area contributed by atoms with Gasteiger partial charge in [-0.25, -0.2) is 4.79 Å². The third kappa shape index (κ3) is 2.90. The highest BCUT2D eigenvalue weighted by Gasteiger charge is 2.42. The molecule has 1 saturated carbocycles. The van der Waals surface area contributed by atoms with Crippen molar-refractivity contribution >= 4 is 11.7 Å². The molecule has 0 radical (unpaired) electrons. The molecule has 4 heteroatoms. The number of benzene rings is 1. The van der Waals surface area contributed by atoms with Crippen LogP contribution in [0.1, 0.15) is 51.9 Å². The topological polar surface area (TPSA) is 41.6 Å². The quantitative estimate of drug-likeness (QED) is 0.816. The van der Waals surface area contributed by atoms with Gasteiger partial charge in [-0.3, -0.25) is 0 Å². The average Bonchev–Trinajstić information content (AvgIpc) is 2.79. The minimum absolute atomic E-state index is 0.0596. The number of anilines is 1. The van der Waals surface area contributed by atoms with Gasteiger partial charge in [0.1, 0.15) is 5.75 Å². The second-order valence-electron chi connectivity index (χ2n) is 7.15. The lowest BCUT2D eigenvalue weighted by Crippen LogP contribution is -2.47. The van der Waals surface area contributed by atoms with Gasteiger partial charge in [0.2, 0.25) is 0 Å². The Balaban J connectivity index is 1.42. The van der Waals surface area contributed by atoms with Gasteiger partial charge in [-0.05, 0) is 76.1 Å². The molecular weight excluding hydrogens is 300 g/mol. The molecule has 2 aliphatic heterocycles. The maximum atomic E-state index is 12.8. The van der Waals surface area contributed by atoms with E-state index >= 15 is 0 Å². The highest BCUT2D eigenvalue weighted by molar-refractivity contribution is 5.90. The molecule has 2 unspecified atom stereocenters. The summed E-state index contributed by atoms with van der Waals surface area (Å²) in [6, 6.07) is 8.49. The molecule has 0 spiro atoms. The monoisotopic (exact) mass is 326 g/mol. The number of hydrogen-bond donors (Lipinski definition) is 1. The van der Waals surface area contributed by atoms with E-state index in [1.807, 2.05) is 31.2 Å². The summed E-state index contributed by atoms with van der Waals surface area (Å²) >= 11 is 0. The molecule has 4 nitrogen and oxygen atoms in total. The van der Waals surface area contributed by atoms with Gasteiger partial charge < -0.3 is 15.0 Å². The number of nitrogens with one attached hydrogen (secondary N) is 1. The number of carbonyl (C=O) groups is 1. The number of ether oxygens (including phenoxy) is 1. The lowest BCUT2D eigenvalue weighted by atomic mass is 9.82. The van der Waals surface area contributed by atoms with Gasteiger partial charge in [-0.15, -0.1) is 0 Å². The molecule has 1 aromatic carbocycles. The Bertz CT molecular complexity index is 628. The van der Waals surface area contributed by atoms with Crippen molar-refractivity contribution in [3.05, 3.63) is 35.4 Å². The number of carbonyl (C=O) groups excluding carboxylic acids is 1. The van der Waals surface area contributed by atoms with Crippen molar-refractivity contribution in [2.45, 2.75) is 64.0 Å². The van der Waals surface area contributed by atoms with Crippen LogP contribution in [-0.2, 0) is 0 Å². The molecule has 4 rings (SSSR count). The summed E-state index contributed by atoms with van der Waals surface area (Å²) in [6.45, 7) is 2.62. The van der Waals surface area contributed by atoms with E-state index < -0.39 is 0 Å². The van der Waals surface area contributed by atoms with Crippen LogP contribution in [0.15, 0.2) is 35.4 Å². The fraction of sp³-hybridized carbons (Fsp3) is 0.550. The smallest absolute Gasteiger partial charge is 0.322 e. The van der Waals surface area contributed by atoms with Crippen LogP contribution in [0.5, 0.6) is 5.75 Å². The van der Waals surface area contributed by atoms with Crippen LogP contribution >= 0.6 is 0 Å². The van der Waals surface area contributed by atoms with Gasteiger partial charge in [-0.2, -0.15) is 0 Å². The zero-order valence-electron chi connectivity index (χ0n) is 14.4. The fourth-order valence-electron chi connectivity index (χ4n) is 4.33. The lowest BCUT2D eigenvalue weighted by Gasteiger charge is -2.38. The minimum Gasteiger partial charge on any atom is -0.494 e. The van der Waals surface area contributed by atoms with Crippen LogP contribution in [0.2, 0.25) is 0 Å². The molecule has 0 aromatic heterocycles. The van der Waals surface area contributed by atoms with E-state index in [0.29, 0.717) is 18.7 Å². The van der Waals surface area contributed by atoms with Crippen LogP contribution < -0.4 is 10.1 Å². The molecule has 2 saturated heterocycles. The highest BCUT2D eigenvalue weighted by atomic mass is 16.5. The first kappa shape index (κ1) is 15.6. The molecule has 1 N–H and O–H groups in total. The second kappa shape index (κ2) is 6.50. The van der Waals surface area contributed by atoms with E-state index in [9.17, 15) is 4.79 Å². The minimum atomic E-state index is 0.0596. The summed E-state index contributed by atoms with van der Waals surface area (Å²) in [7, 11) is 0. The zero-order valence-corrected chi connectivity index (χ0v) is 14.4. The first-order valence-corrected chi connectivity index (χ1v) is 9.26. The van der Waals surface area contributed by atoms with Crippen molar-refractivity contribution < 1.29 is 9.53 Å². The third-order valence-corrected chi connectivity index (χ3v) is 5.69. The summed E-state index contributed by atoms with van der Waals surface area (Å²) < 4.78 is 5.45. The van der Waals surface area contributed by atoms with Crippen molar-refractivity contribution in [1.29, 1.82) is 0 Å². The van der Waals surface area contributed by atoms with Crippen molar-refractivity contribution in [3.8, 4) is 5.75 Å². The number of rotatable bonds is 3. The zero-order chi connectivity index (χ0) is 16.5. The van der Waals surface area contributed by atoms with Crippen molar-refractivity contribution in [2.24, 2.45) is 0 Å². The number of nitrogens with zero attached hydrogens (tertiary/aromatic N) is 1. The molecule has 2 atom stereocenters. The molecule has 1 aliphatic carbocycles. The van der Waals surface area contributed by atoms with E-state index in [2.05, 4.69) is 10.2 Å². The molecule has 24 heavy (non-hydrogen) atoms. The molecule has 128 valence electrons. The van der Waals surface area contributed by atoms with Gasteiger partial charge in [0, 0.05) is 17.8 Å². The van der Waals surface area contributed by atoms with Crippen LogP contribution in [0, 0.1) is 0 Å². The third-order valence-electron chi connectivity index (χ3n) is 5.69. The number of amides is 2. The summed E-state index contributed by atoms with van der Waals surface area (Å²) in [6.07, 6.45) is 8.46. The van der Waals surface area contributed by atoms with Crippen molar-refractivity contribution in [2.75, 3.05) is 11.9 Å². The predicted octanol–water partition coefficient (Wildman–Crippen LogP) is 4.72. The Morgan fingerprint density at radius 3 is 2.33 bits per heavy atom. The largest absolute Gasteiger partial charge is 0.494 e. The Labute approximate surface area is 143 Å². The fourth-order valence-corrected chi connectivity index (χ4v) is 4.33. The van der Waals surface area contributed by atoms with Crippen LogP contribution in [0.25, 0.3) is 0 Å². The summed E-state index contributed by atoms with van der Waals surface area (Å²) in [5.41, 5.74) is 4.20. The Morgan fingerprint density at radius 1 is 1.12 bits per heavy atom. The first-order valence-electron chi connectivity index (χ1n) is 9.26. The van der Waals surface area contributed by atoms with Crippen molar-refractivity contribution in [3.63, 3.8) is 0 Å². The molecule has 1 aromatic rings. The van der Waals surface area contributed by atoms with Crippen LogP contribution in [-0.4, -0.2) is 29.6 Å². The Kier molecular flexibility index (Phi) is 4.21. The summed E-state index contributed by atoms with van der Waals surface area (Å²) in [4.78, 5) is 14.9. The maximum Gasteiger partial charge on any atom is 0.322 e. The average molecular weight is 326 g/mol. The number of piperidine rings is 1. The number of hydrogen-bond acceptors (Lipinski definition) is 2.